The van der Waals surface area contributed by atoms with Crippen molar-refractivity contribution in [3.05, 3.63) is 0 Å². The lowest BCUT2D eigenvalue weighted by Gasteiger charge is -2.24. The summed E-state index contributed by atoms with van der Waals surface area (Å²) in [6.45, 7) is 0.297. The molecule has 14 nitrogen and oxygen atoms in total. The standard InChI is InChI=1S/C17H29N5O9S/c18-4-2-1-3-9(20-14(27)8(19)5-12(23)24)15(28)21-10(6-13(25)26)16(29)22-11(7-32)17(30)31/h8-11,32H,1-7,18-19H2,(H,20,27)(H,21,28)(H,22,29)(H,23,24)(H,25,26)(H,30,31)/t8-,9-,10-,11-/m0/s1. The van der Waals surface area contributed by atoms with Crippen LogP contribution in [0.3, 0.4) is 0 Å². The average molecular weight is 480 g/mol. The number of rotatable bonds is 16. The van der Waals surface area contributed by atoms with Crippen molar-refractivity contribution in [2.45, 2.75) is 56.3 Å². The minimum absolute atomic E-state index is 0.0460. The van der Waals surface area contributed by atoms with Crippen LogP contribution in [0.5, 0.6) is 0 Å². The van der Waals surface area contributed by atoms with Gasteiger partial charge in [-0.25, -0.2) is 4.79 Å². The van der Waals surface area contributed by atoms with Crippen molar-refractivity contribution in [2.24, 2.45) is 11.5 Å². The van der Waals surface area contributed by atoms with Crippen LogP contribution >= 0.6 is 12.6 Å². The van der Waals surface area contributed by atoms with Crippen LogP contribution in [0.1, 0.15) is 32.1 Å². The molecule has 0 fully saturated rings. The predicted molar refractivity (Wildman–Crippen MR) is 113 cm³/mol. The fraction of sp³-hybridized carbons (Fsp3) is 0.647. The number of carboxylic acid groups (broad SMARTS) is 3. The van der Waals surface area contributed by atoms with Crippen molar-refractivity contribution in [1.82, 2.24) is 16.0 Å². The van der Waals surface area contributed by atoms with Gasteiger partial charge in [0.2, 0.25) is 17.7 Å². The highest BCUT2D eigenvalue weighted by molar-refractivity contribution is 7.80. The quantitative estimate of drug-likeness (QED) is 0.0789. The number of unbranched alkanes of at least 4 members (excludes halogenated alkanes) is 1. The molecule has 0 rings (SSSR count). The number of thiol groups is 1. The molecule has 32 heavy (non-hydrogen) atoms. The van der Waals surface area contributed by atoms with E-state index in [4.69, 9.17) is 26.8 Å². The summed E-state index contributed by atoms with van der Waals surface area (Å²) in [6.07, 6.45) is -0.641. The minimum atomic E-state index is -1.65. The summed E-state index contributed by atoms with van der Waals surface area (Å²) in [5, 5.41) is 33.3. The van der Waals surface area contributed by atoms with E-state index in [0.717, 1.165) is 0 Å². The molecule has 0 aliphatic rings. The van der Waals surface area contributed by atoms with Gasteiger partial charge in [-0.1, -0.05) is 0 Å². The zero-order valence-corrected chi connectivity index (χ0v) is 18.0. The van der Waals surface area contributed by atoms with E-state index in [1.54, 1.807) is 0 Å². The first-order valence-electron chi connectivity index (χ1n) is 9.56. The molecule has 15 heteroatoms. The number of carboxylic acids is 3. The summed E-state index contributed by atoms with van der Waals surface area (Å²) in [5.74, 6) is -7.40. The highest BCUT2D eigenvalue weighted by atomic mass is 32.1. The van der Waals surface area contributed by atoms with Gasteiger partial charge < -0.3 is 42.7 Å². The Bertz CT molecular complexity index is 706. The van der Waals surface area contributed by atoms with Crippen LogP contribution < -0.4 is 27.4 Å². The van der Waals surface area contributed by atoms with Crippen molar-refractivity contribution < 1.29 is 44.1 Å². The van der Waals surface area contributed by atoms with Crippen molar-refractivity contribution in [3.63, 3.8) is 0 Å². The Hall–Kier alpha value is -2.91. The molecule has 0 spiro atoms. The molecular weight excluding hydrogens is 450 g/mol. The maximum Gasteiger partial charge on any atom is 0.327 e. The lowest BCUT2D eigenvalue weighted by molar-refractivity contribution is -0.143. The molecule has 0 heterocycles. The number of carbonyl (C=O) groups excluding carboxylic acids is 3. The summed E-state index contributed by atoms with van der Waals surface area (Å²) < 4.78 is 0. The molecule has 0 aliphatic heterocycles. The molecule has 0 radical (unpaired) electrons. The van der Waals surface area contributed by atoms with Crippen LogP contribution in [-0.4, -0.2) is 87.4 Å². The Morgan fingerprint density at radius 3 is 1.72 bits per heavy atom. The molecule has 0 bridgehead atoms. The SMILES string of the molecule is NCCCC[C@H](NC(=O)[C@@H](N)CC(=O)O)C(=O)N[C@@H](CC(=O)O)C(=O)N[C@@H](CS)C(=O)O. The molecule has 0 saturated carbocycles. The van der Waals surface area contributed by atoms with Crippen LogP contribution in [0.4, 0.5) is 0 Å². The molecule has 10 N–H and O–H groups in total. The maximum absolute atomic E-state index is 12.7. The molecule has 0 saturated heterocycles. The van der Waals surface area contributed by atoms with Crippen LogP contribution in [-0.2, 0) is 28.8 Å². The third-order valence-electron chi connectivity index (χ3n) is 4.12. The average Bonchev–Trinajstić information content (AvgIpc) is 2.69. The first-order chi connectivity index (χ1) is 14.9. The van der Waals surface area contributed by atoms with Gasteiger partial charge in [0.15, 0.2) is 0 Å². The second kappa shape index (κ2) is 15.0. The Labute approximate surface area is 188 Å². The summed E-state index contributed by atoms with van der Waals surface area (Å²) in [6, 6.07) is -5.78. The van der Waals surface area contributed by atoms with Crippen LogP contribution in [0.15, 0.2) is 0 Å². The van der Waals surface area contributed by atoms with Crippen molar-refractivity contribution >= 4 is 48.3 Å². The zero-order chi connectivity index (χ0) is 24.8. The van der Waals surface area contributed by atoms with Gasteiger partial charge >= 0.3 is 17.9 Å². The van der Waals surface area contributed by atoms with E-state index in [9.17, 15) is 28.8 Å². The number of hydrogen-bond donors (Lipinski definition) is 9. The second-order valence-corrected chi connectivity index (χ2v) is 7.16. The van der Waals surface area contributed by atoms with Crippen molar-refractivity contribution in [2.75, 3.05) is 12.3 Å². The Morgan fingerprint density at radius 2 is 1.25 bits per heavy atom. The van der Waals surface area contributed by atoms with Gasteiger partial charge in [0.05, 0.1) is 18.9 Å². The van der Waals surface area contributed by atoms with E-state index in [2.05, 4.69) is 28.6 Å². The highest BCUT2D eigenvalue weighted by Crippen LogP contribution is 2.05. The fourth-order valence-electron chi connectivity index (χ4n) is 2.44. The zero-order valence-electron chi connectivity index (χ0n) is 17.2. The lowest BCUT2D eigenvalue weighted by Crippen LogP contribution is -2.57. The maximum atomic E-state index is 12.7. The number of amides is 3. The first kappa shape index (κ1) is 29.1. The summed E-state index contributed by atoms with van der Waals surface area (Å²) >= 11 is 3.79. The minimum Gasteiger partial charge on any atom is -0.481 e. The fourth-order valence-corrected chi connectivity index (χ4v) is 2.68. The number of hydrogen-bond acceptors (Lipinski definition) is 9. The smallest absolute Gasteiger partial charge is 0.327 e. The second-order valence-electron chi connectivity index (χ2n) is 6.79. The van der Waals surface area contributed by atoms with Crippen molar-refractivity contribution in [1.29, 1.82) is 0 Å². The predicted octanol–water partition coefficient (Wildman–Crippen LogP) is -3.14. The molecule has 3 amide bonds. The number of nitrogens with one attached hydrogen (secondary N) is 3. The lowest BCUT2D eigenvalue weighted by atomic mass is 10.1. The molecule has 0 aromatic heterocycles. The van der Waals surface area contributed by atoms with Crippen molar-refractivity contribution in [3.8, 4) is 0 Å². The van der Waals surface area contributed by atoms with Crippen LogP contribution in [0, 0.1) is 0 Å². The van der Waals surface area contributed by atoms with E-state index >= 15 is 0 Å². The molecule has 0 aliphatic carbocycles. The molecule has 182 valence electrons. The number of aliphatic carboxylic acids is 3. The molecule has 0 aromatic rings. The third kappa shape index (κ3) is 11.5. The first-order valence-corrected chi connectivity index (χ1v) is 10.2. The monoisotopic (exact) mass is 479 g/mol. The number of carbonyl (C=O) groups is 6. The van der Waals surface area contributed by atoms with E-state index in [1.807, 2.05) is 0 Å². The van der Waals surface area contributed by atoms with E-state index in [1.165, 1.54) is 0 Å². The summed E-state index contributed by atoms with van der Waals surface area (Å²) in [5.41, 5.74) is 10.9. The largest absolute Gasteiger partial charge is 0.481 e. The summed E-state index contributed by atoms with van der Waals surface area (Å²) in [7, 11) is 0. The van der Waals surface area contributed by atoms with E-state index < -0.39 is 72.6 Å². The van der Waals surface area contributed by atoms with E-state index in [-0.39, 0.29) is 12.2 Å². The molecule has 0 aromatic carbocycles. The molecule has 4 atom stereocenters. The molecular formula is C17H29N5O9S. The van der Waals surface area contributed by atoms with Gasteiger partial charge in [-0.05, 0) is 25.8 Å². The Kier molecular flexibility index (Phi) is 13.6. The third-order valence-corrected chi connectivity index (χ3v) is 4.49. The van der Waals surface area contributed by atoms with Gasteiger partial charge in [-0.3, -0.25) is 24.0 Å². The Morgan fingerprint density at radius 1 is 0.750 bits per heavy atom. The topological polar surface area (TPSA) is 251 Å². The van der Waals surface area contributed by atoms with Crippen LogP contribution in [0.2, 0.25) is 0 Å². The summed E-state index contributed by atoms with van der Waals surface area (Å²) in [4.78, 5) is 70.1. The van der Waals surface area contributed by atoms with Gasteiger partial charge in [0.1, 0.15) is 18.1 Å². The Balaban J connectivity index is 5.44. The van der Waals surface area contributed by atoms with Crippen LogP contribution in [0.25, 0.3) is 0 Å². The normalized spacial score (nSPS) is 14.3. The van der Waals surface area contributed by atoms with Gasteiger partial charge in [-0.15, -0.1) is 0 Å². The highest BCUT2D eigenvalue weighted by Gasteiger charge is 2.31. The van der Waals surface area contributed by atoms with Gasteiger partial charge in [-0.2, -0.15) is 12.6 Å². The van der Waals surface area contributed by atoms with Gasteiger partial charge in [0, 0.05) is 5.75 Å². The number of nitrogens with two attached hydrogens (primary N) is 2. The van der Waals surface area contributed by atoms with E-state index in [0.29, 0.717) is 19.4 Å². The van der Waals surface area contributed by atoms with Gasteiger partial charge in [0.25, 0.3) is 0 Å². The molecule has 0 unspecified atom stereocenters.